The van der Waals surface area contributed by atoms with Crippen LogP contribution < -0.4 is 0 Å². The molecule has 0 bridgehead atoms. The number of hydrogen-bond donors (Lipinski definition) is 0. The molecule has 2 aliphatic carbocycles. The van der Waals surface area contributed by atoms with Gasteiger partial charge in [0.1, 0.15) is 0 Å². The molecule has 2 rings (SSSR count). The highest BCUT2D eigenvalue weighted by Gasteiger charge is 2.15. The molecule has 2 aliphatic rings. The van der Waals surface area contributed by atoms with Gasteiger partial charge < -0.3 is 4.90 Å². The molecule has 0 aliphatic heterocycles. The van der Waals surface area contributed by atoms with Crippen molar-refractivity contribution in [3.8, 4) is 0 Å². The molecule has 0 aromatic rings. The van der Waals surface area contributed by atoms with Crippen LogP contribution in [-0.4, -0.2) is 35.1 Å². The summed E-state index contributed by atoms with van der Waals surface area (Å²) >= 11 is 5.23. The van der Waals surface area contributed by atoms with Crippen LogP contribution in [0.3, 0.4) is 0 Å². The van der Waals surface area contributed by atoms with Crippen LogP contribution in [0.2, 0.25) is 0 Å². The fourth-order valence-corrected chi connectivity index (χ4v) is 4.92. The first kappa shape index (κ1) is 19.0. The third-order valence-electron chi connectivity index (χ3n) is 4.28. The van der Waals surface area contributed by atoms with Gasteiger partial charge in [0.05, 0.1) is 0 Å². The first-order valence-corrected chi connectivity index (χ1v) is 10.1. The van der Waals surface area contributed by atoms with E-state index >= 15 is 0 Å². The van der Waals surface area contributed by atoms with Crippen LogP contribution >= 0.6 is 20.8 Å². The molecule has 0 saturated heterocycles. The third-order valence-corrected chi connectivity index (χ3v) is 6.26. The van der Waals surface area contributed by atoms with E-state index in [4.69, 9.17) is 12.2 Å². The van der Waals surface area contributed by atoms with E-state index in [0.717, 1.165) is 25.5 Å². The van der Waals surface area contributed by atoms with Gasteiger partial charge in [0.15, 0.2) is 0 Å². The summed E-state index contributed by atoms with van der Waals surface area (Å²) < 4.78 is 0. The lowest BCUT2D eigenvalue weighted by atomic mass is 10.0. The van der Waals surface area contributed by atoms with Crippen molar-refractivity contribution in [3.63, 3.8) is 0 Å². The monoisotopic (exact) mass is 325 g/mol. The maximum Gasteiger partial charge on any atom is 0.0196 e. The van der Waals surface area contributed by atoms with Crippen molar-refractivity contribution in [1.29, 1.82) is 0 Å². The van der Waals surface area contributed by atoms with Gasteiger partial charge in [-0.1, -0.05) is 73.0 Å². The zero-order chi connectivity index (χ0) is 15.5. The molecule has 0 aromatic heterocycles. The zero-order valence-electron chi connectivity index (χ0n) is 14.0. The fraction of sp³-hybridized carbons (Fsp3) is 0.722. The second kappa shape index (κ2) is 11.5. The van der Waals surface area contributed by atoms with E-state index in [1.807, 2.05) is 0 Å². The lowest BCUT2D eigenvalue weighted by molar-refractivity contribution is 0.321. The van der Waals surface area contributed by atoms with Crippen LogP contribution in [0.15, 0.2) is 23.5 Å². The van der Waals surface area contributed by atoms with Gasteiger partial charge in [-0.2, -0.15) is 0 Å². The minimum Gasteiger partial charge on any atom is -0.304 e. The largest absolute Gasteiger partial charge is 0.304 e. The normalized spacial score (nSPS) is 19.8. The number of hydrogen-bond acceptors (Lipinski definition) is 2. The topological polar surface area (TPSA) is 3.24 Å². The van der Waals surface area contributed by atoms with Crippen molar-refractivity contribution in [1.82, 2.24) is 4.90 Å². The summed E-state index contributed by atoms with van der Waals surface area (Å²) in [4.78, 5) is 3.49. The van der Waals surface area contributed by atoms with Gasteiger partial charge in [-0.25, -0.2) is 0 Å². The molecule has 120 valence electrons. The summed E-state index contributed by atoms with van der Waals surface area (Å²) in [6.45, 7) is 10.1. The predicted molar refractivity (Wildman–Crippen MR) is 103 cm³/mol. The quantitative estimate of drug-likeness (QED) is 0.481. The van der Waals surface area contributed by atoms with Gasteiger partial charge >= 0.3 is 0 Å². The molecule has 1 atom stereocenters. The summed E-state index contributed by atoms with van der Waals surface area (Å²) in [5, 5.41) is 1.59. The average molecular weight is 326 g/mol. The van der Waals surface area contributed by atoms with Crippen molar-refractivity contribution in [2.75, 3.05) is 19.6 Å². The van der Waals surface area contributed by atoms with Gasteiger partial charge in [0.25, 0.3) is 0 Å². The maximum absolute atomic E-state index is 5.23. The van der Waals surface area contributed by atoms with Crippen LogP contribution in [0.25, 0.3) is 0 Å². The number of rotatable bonds is 5. The minimum absolute atomic E-state index is 0.976. The molecule has 1 fully saturated rings. The molecule has 0 spiro atoms. The van der Waals surface area contributed by atoms with Crippen LogP contribution in [0.1, 0.15) is 59.3 Å². The standard InChI is InChI=1S/C12H17PS.C6H15N/c14-12-8-4-7-11(9-12)13-10-5-2-1-3-6-10;1-4-7(5-2)6-3/h4,7-8,10,13H,1-3,5-6,9H2;4-6H2,1-3H3. The molecule has 0 N–H and O–H groups in total. The van der Waals surface area contributed by atoms with Crippen molar-refractivity contribution in [3.05, 3.63) is 23.5 Å². The number of allylic oxidation sites excluding steroid dienone is 4. The second-order valence-electron chi connectivity index (χ2n) is 5.79. The number of thiocarbonyl (C=S) groups is 1. The lowest BCUT2D eigenvalue weighted by Gasteiger charge is -2.23. The first-order chi connectivity index (χ1) is 10.2. The van der Waals surface area contributed by atoms with E-state index < -0.39 is 0 Å². The number of nitrogens with zero attached hydrogens (tertiary/aromatic N) is 1. The summed E-state index contributed by atoms with van der Waals surface area (Å²) in [6.07, 6.45) is 14.8. The minimum atomic E-state index is 0.976. The second-order valence-corrected chi connectivity index (χ2v) is 8.06. The Bertz CT molecular complexity index is 347. The fourth-order valence-electron chi connectivity index (χ4n) is 2.86. The zero-order valence-corrected chi connectivity index (χ0v) is 15.8. The Morgan fingerprint density at radius 1 is 1.10 bits per heavy atom. The predicted octanol–water partition coefficient (Wildman–Crippen LogP) is 5.56. The van der Waals surface area contributed by atoms with Crippen LogP contribution in [0.5, 0.6) is 0 Å². The Balaban J connectivity index is 0.000000270. The van der Waals surface area contributed by atoms with Crippen molar-refractivity contribution < 1.29 is 0 Å². The van der Waals surface area contributed by atoms with Crippen molar-refractivity contribution in [2.45, 2.75) is 65.0 Å². The molecule has 1 nitrogen and oxygen atoms in total. The van der Waals surface area contributed by atoms with Gasteiger partial charge in [-0.3, -0.25) is 0 Å². The van der Waals surface area contributed by atoms with Gasteiger partial charge in [-0.05, 0) is 49.5 Å². The van der Waals surface area contributed by atoms with E-state index in [9.17, 15) is 0 Å². The molecule has 3 heteroatoms. The van der Waals surface area contributed by atoms with Gasteiger partial charge in [0, 0.05) is 11.3 Å². The molecule has 1 unspecified atom stereocenters. The van der Waals surface area contributed by atoms with E-state index in [1.54, 1.807) is 5.31 Å². The highest BCUT2D eigenvalue weighted by molar-refractivity contribution is 7.80. The third kappa shape index (κ3) is 8.24. The smallest absolute Gasteiger partial charge is 0.0196 e. The van der Waals surface area contributed by atoms with E-state index in [-0.39, 0.29) is 0 Å². The van der Waals surface area contributed by atoms with Crippen LogP contribution in [0.4, 0.5) is 0 Å². The summed E-state index contributed by atoms with van der Waals surface area (Å²) in [5.41, 5.74) is 0.976. The Labute approximate surface area is 139 Å². The summed E-state index contributed by atoms with van der Waals surface area (Å²) in [7, 11) is 1.04. The Hall–Kier alpha value is -0.0400. The van der Waals surface area contributed by atoms with Crippen LogP contribution in [0, 0.1) is 0 Å². The Kier molecular flexibility index (Phi) is 10.4. The van der Waals surface area contributed by atoms with Crippen LogP contribution in [-0.2, 0) is 0 Å². The Morgan fingerprint density at radius 2 is 1.71 bits per heavy atom. The molecular weight excluding hydrogens is 293 g/mol. The molecule has 0 amide bonds. The SMILES string of the molecule is CCN(CC)CC.S=C1C=CC=C(PC2CCCCC2)C1. The molecule has 0 aromatic carbocycles. The molecule has 21 heavy (non-hydrogen) atoms. The summed E-state index contributed by atoms with van der Waals surface area (Å²) in [5.74, 6) is 0. The van der Waals surface area contributed by atoms with Crippen molar-refractivity contribution >= 4 is 25.7 Å². The lowest BCUT2D eigenvalue weighted by Crippen LogP contribution is -2.21. The maximum atomic E-state index is 5.23. The van der Waals surface area contributed by atoms with Crippen molar-refractivity contribution in [2.24, 2.45) is 0 Å². The molecule has 0 heterocycles. The molecule has 0 radical (unpaired) electrons. The van der Waals surface area contributed by atoms with E-state index in [2.05, 4.69) is 43.9 Å². The van der Waals surface area contributed by atoms with Gasteiger partial charge in [-0.15, -0.1) is 0 Å². The first-order valence-electron chi connectivity index (χ1n) is 8.58. The van der Waals surface area contributed by atoms with E-state index in [0.29, 0.717) is 0 Å². The molecule has 1 saturated carbocycles. The average Bonchev–Trinajstić information content (AvgIpc) is 2.51. The molecular formula is C18H32NPS. The highest BCUT2D eigenvalue weighted by atomic mass is 32.1. The van der Waals surface area contributed by atoms with E-state index in [1.165, 1.54) is 51.7 Å². The summed E-state index contributed by atoms with van der Waals surface area (Å²) in [6, 6.07) is 0. The highest BCUT2D eigenvalue weighted by Crippen LogP contribution is 2.40. The van der Waals surface area contributed by atoms with Gasteiger partial charge in [0.2, 0.25) is 0 Å². The Morgan fingerprint density at radius 3 is 2.19 bits per heavy atom.